The van der Waals surface area contributed by atoms with Crippen LogP contribution in [-0.2, 0) is 4.74 Å². The van der Waals surface area contributed by atoms with Crippen LogP contribution in [0, 0.1) is 5.92 Å². The lowest BCUT2D eigenvalue weighted by Gasteiger charge is -2.42. The highest BCUT2D eigenvalue weighted by Gasteiger charge is 2.42. The van der Waals surface area contributed by atoms with Crippen molar-refractivity contribution in [3.05, 3.63) is 24.0 Å². The largest absolute Gasteiger partial charge is 0.495 e. The van der Waals surface area contributed by atoms with E-state index in [2.05, 4.69) is 11.9 Å². The molecular weight excluding hydrogens is 254 g/mol. The Balaban J connectivity index is 2.23. The van der Waals surface area contributed by atoms with Gasteiger partial charge >= 0.3 is 0 Å². The number of methoxy groups -OCH3 is 1. The van der Waals surface area contributed by atoms with Crippen LogP contribution in [0.5, 0.6) is 5.75 Å². The second-order valence-corrected chi connectivity index (χ2v) is 5.74. The smallest absolute Gasteiger partial charge is 0.137 e. The maximum absolute atomic E-state index is 10.8. The number of pyridine rings is 1. The van der Waals surface area contributed by atoms with Crippen LogP contribution in [0.15, 0.2) is 18.5 Å². The first-order chi connectivity index (χ1) is 9.61. The second-order valence-electron chi connectivity index (χ2n) is 5.74. The summed E-state index contributed by atoms with van der Waals surface area (Å²) in [6, 6.07) is 1.84. The molecule has 0 aliphatic heterocycles. The van der Waals surface area contributed by atoms with Crippen LogP contribution in [0.2, 0.25) is 0 Å². The van der Waals surface area contributed by atoms with E-state index in [-0.39, 0.29) is 0 Å². The minimum absolute atomic E-state index is 0.477. The predicted octanol–water partition coefficient (Wildman–Crippen LogP) is 3.11. The zero-order valence-electron chi connectivity index (χ0n) is 12.6. The summed E-state index contributed by atoms with van der Waals surface area (Å²) in [4.78, 5) is 4.14. The van der Waals surface area contributed by atoms with E-state index in [1.165, 1.54) is 0 Å². The molecule has 112 valence electrons. The SMILES string of the molecule is CCOC1(C(O)c2cncc(OC)c2)CCC(C)CC1. The van der Waals surface area contributed by atoms with Gasteiger partial charge in [0.1, 0.15) is 11.9 Å². The van der Waals surface area contributed by atoms with Crippen LogP contribution in [0.3, 0.4) is 0 Å². The fraction of sp³-hybridized carbons (Fsp3) is 0.688. The van der Waals surface area contributed by atoms with E-state index in [0.717, 1.165) is 31.2 Å². The Morgan fingerprint density at radius 2 is 2.10 bits per heavy atom. The Morgan fingerprint density at radius 1 is 1.40 bits per heavy atom. The standard InChI is InChI=1S/C16H25NO3/c1-4-20-16(7-5-12(2)6-8-16)15(18)13-9-14(19-3)11-17-10-13/h9-12,15,18H,4-8H2,1-3H3. The molecule has 2 rings (SSSR count). The van der Waals surface area contributed by atoms with Crippen molar-refractivity contribution in [3.63, 3.8) is 0 Å². The fourth-order valence-corrected chi connectivity index (χ4v) is 3.04. The van der Waals surface area contributed by atoms with Gasteiger partial charge in [-0.15, -0.1) is 0 Å². The molecule has 1 fully saturated rings. The van der Waals surface area contributed by atoms with Crippen molar-refractivity contribution in [2.45, 2.75) is 51.2 Å². The first kappa shape index (κ1) is 15.3. The zero-order chi connectivity index (χ0) is 14.6. The van der Waals surface area contributed by atoms with Crippen LogP contribution in [0.4, 0.5) is 0 Å². The molecule has 1 N–H and O–H groups in total. The number of rotatable bonds is 5. The van der Waals surface area contributed by atoms with Crippen molar-refractivity contribution in [1.29, 1.82) is 0 Å². The van der Waals surface area contributed by atoms with E-state index in [1.54, 1.807) is 19.5 Å². The molecule has 0 radical (unpaired) electrons. The number of nitrogens with zero attached hydrogens (tertiary/aromatic N) is 1. The maximum atomic E-state index is 10.8. The van der Waals surface area contributed by atoms with E-state index in [4.69, 9.17) is 9.47 Å². The molecule has 1 aliphatic carbocycles. The summed E-state index contributed by atoms with van der Waals surface area (Å²) in [5, 5.41) is 10.8. The Hall–Kier alpha value is -1.13. The van der Waals surface area contributed by atoms with E-state index in [9.17, 15) is 5.11 Å². The van der Waals surface area contributed by atoms with Crippen LogP contribution in [0.1, 0.15) is 51.2 Å². The second kappa shape index (κ2) is 6.55. The molecule has 1 aromatic heterocycles. The average Bonchev–Trinajstić information content (AvgIpc) is 2.49. The molecule has 4 heteroatoms. The minimum Gasteiger partial charge on any atom is -0.495 e. The third-order valence-corrected chi connectivity index (χ3v) is 4.34. The molecule has 20 heavy (non-hydrogen) atoms. The summed E-state index contributed by atoms with van der Waals surface area (Å²) in [5.74, 6) is 1.37. The summed E-state index contributed by atoms with van der Waals surface area (Å²) in [6.45, 7) is 4.86. The molecule has 4 nitrogen and oxygen atoms in total. The fourth-order valence-electron chi connectivity index (χ4n) is 3.04. The molecular formula is C16H25NO3. The molecule has 1 aromatic rings. The topological polar surface area (TPSA) is 51.6 Å². The third kappa shape index (κ3) is 3.13. The van der Waals surface area contributed by atoms with E-state index >= 15 is 0 Å². The maximum Gasteiger partial charge on any atom is 0.137 e. The number of ether oxygens (including phenoxy) is 2. The summed E-state index contributed by atoms with van der Waals surface area (Å²) < 4.78 is 11.2. The number of aromatic nitrogens is 1. The molecule has 1 heterocycles. The Labute approximate surface area is 121 Å². The van der Waals surface area contributed by atoms with Crippen molar-refractivity contribution >= 4 is 0 Å². The monoisotopic (exact) mass is 279 g/mol. The Morgan fingerprint density at radius 3 is 2.70 bits per heavy atom. The highest BCUT2D eigenvalue weighted by molar-refractivity contribution is 5.27. The highest BCUT2D eigenvalue weighted by Crippen LogP contribution is 2.43. The summed E-state index contributed by atoms with van der Waals surface area (Å²) in [5.41, 5.74) is 0.294. The average molecular weight is 279 g/mol. The summed E-state index contributed by atoms with van der Waals surface area (Å²) in [7, 11) is 1.60. The van der Waals surface area contributed by atoms with Gasteiger partial charge in [0.05, 0.1) is 18.9 Å². The highest BCUT2D eigenvalue weighted by atomic mass is 16.5. The van der Waals surface area contributed by atoms with Gasteiger partial charge in [-0.3, -0.25) is 4.98 Å². The van der Waals surface area contributed by atoms with Gasteiger partial charge in [0.25, 0.3) is 0 Å². The number of hydrogen-bond acceptors (Lipinski definition) is 4. The van der Waals surface area contributed by atoms with Crippen molar-refractivity contribution in [2.75, 3.05) is 13.7 Å². The van der Waals surface area contributed by atoms with E-state index < -0.39 is 11.7 Å². The van der Waals surface area contributed by atoms with Crippen LogP contribution >= 0.6 is 0 Å². The van der Waals surface area contributed by atoms with Crippen molar-refractivity contribution < 1.29 is 14.6 Å². The molecule has 1 saturated carbocycles. The van der Waals surface area contributed by atoms with Gasteiger partial charge in [0, 0.05) is 18.4 Å². The first-order valence-corrected chi connectivity index (χ1v) is 7.42. The summed E-state index contributed by atoms with van der Waals surface area (Å²) in [6.07, 6.45) is 6.65. The lowest BCUT2D eigenvalue weighted by atomic mass is 9.75. The van der Waals surface area contributed by atoms with E-state index in [1.807, 2.05) is 13.0 Å². The molecule has 1 aliphatic rings. The lowest BCUT2D eigenvalue weighted by Crippen LogP contribution is -2.42. The van der Waals surface area contributed by atoms with Crippen LogP contribution < -0.4 is 4.74 Å². The normalized spacial score (nSPS) is 28.1. The van der Waals surface area contributed by atoms with Gasteiger partial charge in [-0.2, -0.15) is 0 Å². The quantitative estimate of drug-likeness (QED) is 0.899. The van der Waals surface area contributed by atoms with Gasteiger partial charge in [0.2, 0.25) is 0 Å². The van der Waals surface area contributed by atoms with E-state index in [0.29, 0.717) is 18.3 Å². The molecule has 0 amide bonds. The van der Waals surface area contributed by atoms with Crippen LogP contribution in [-0.4, -0.2) is 29.4 Å². The van der Waals surface area contributed by atoms with Gasteiger partial charge in [-0.1, -0.05) is 6.92 Å². The first-order valence-electron chi connectivity index (χ1n) is 7.42. The van der Waals surface area contributed by atoms with Gasteiger partial charge in [0.15, 0.2) is 0 Å². The van der Waals surface area contributed by atoms with Crippen molar-refractivity contribution in [2.24, 2.45) is 5.92 Å². The van der Waals surface area contributed by atoms with Crippen LogP contribution in [0.25, 0.3) is 0 Å². The molecule has 0 aromatic carbocycles. The van der Waals surface area contributed by atoms with Crippen molar-refractivity contribution in [1.82, 2.24) is 4.98 Å². The number of hydrogen-bond donors (Lipinski definition) is 1. The predicted molar refractivity (Wildman–Crippen MR) is 77.7 cm³/mol. The van der Waals surface area contributed by atoms with Gasteiger partial charge in [-0.25, -0.2) is 0 Å². The lowest BCUT2D eigenvalue weighted by molar-refractivity contribution is -0.146. The van der Waals surface area contributed by atoms with Crippen molar-refractivity contribution in [3.8, 4) is 5.75 Å². The Kier molecular flexibility index (Phi) is 5.00. The minimum atomic E-state index is -0.655. The molecule has 0 saturated heterocycles. The molecule has 0 bridgehead atoms. The third-order valence-electron chi connectivity index (χ3n) is 4.34. The molecule has 1 unspecified atom stereocenters. The molecule has 1 atom stereocenters. The molecule has 0 spiro atoms. The van der Waals surface area contributed by atoms with Gasteiger partial charge in [-0.05, 0) is 44.6 Å². The number of aliphatic hydroxyl groups excluding tert-OH is 1. The summed E-state index contributed by atoms with van der Waals surface area (Å²) >= 11 is 0. The Bertz CT molecular complexity index is 427. The number of aliphatic hydroxyl groups is 1. The zero-order valence-corrected chi connectivity index (χ0v) is 12.6. The van der Waals surface area contributed by atoms with Gasteiger partial charge < -0.3 is 14.6 Å².